The molecule has 1 aliphatic rings. The van der Waals surface area contributed by atoms with E-state index in [1.54, 1.807) is 15.6 Å². The van der Waals surface area contributed by atoms with Crippen LogP contribution in [0.15, 0.2) is 91.3 Å². The van der Waals surface area contributed by atoms with E-state index in [2.05, 4.69) is 10.1 Å². The van der Waals surface area contributed by atoms with Gasteiger partial charge in [-0.2, -0.15) is 10.1 Å². The summed E-state index contributed by atoms with van der Waals surface area (Å²) in [7, 11) is 0. The maximum Gasteiger partial charge on any atom is 0.270 e. The number of nitrogens with zero attached hydrogens (tertiary/aromatic N) is 5. The molecule has 4 aromatic rings. The highest BCUT2D eigenvalue weighted by molar-refractivity contribution is 6.06. The van der Waals surface area contributed by atoms with Crippen LogP contribution in [0.3, 0.4) is 0 Å². The van der Waals surface area contributed by atoms with Crippen molar-refractivity contribution in [2.75, 3.05) is 4.90 Å². The highest BCUT2D eigenvalue weighted by atomic mass is 16.6. The Balaban J connectivity index is 1.64. The lowest BCUT2D eigenvalue weighted by atomic mass is 9.91. The van der Waals surface area contributed by atoms with Crippen LogP contribution in [0.2, 0.25) is 0 Å². The zero-order chi connectivity index (χ0) is 22.1. The molecule has 32 heavy (non-hydrogen) atoms. The van der Waals surface area contributed by atoms with Gasteiger partial charge >= 0.3 is 0 Å². The molecule has 0 spiro atoms. The second-order valence-corrected chi connectivity index (χ2v) is 7.58. The highest BCUT2D eigenvalue weighted by Gasteiger charge is 2.39. The lowest BCUT2D eigenvalue weighted by Gasteiger charge is -2.39. The Morgan fingerprint density at radius 2 is 1.56 bits per heavy atom. The molecule has 0 fully saturated rings. The number of nitro benzene ring substituents is 1. The molecule has 2 atom stereocenters. The number of aromatic nitrogens is 3. The van der Waals surface area contributed by atoms with Gasteiger partial charge in [0.1, 0.15) is 6.33 Å². The monoisotopic (exact) mass is 425 g/mol. The smallest absolute Gasteiger partial charge is 0.269 e. The molecule has 5 rings (SSSR count). The molecule has 0 saturated carbocycles. The average molecular weight is 425 g/mol. The van der Waals surface area contributed by atoms with Crippen LogP contribution in [0.25, 0.3) is 0 Å². The van der Waals surface area contributed by atoms with Gasteiger partial charge in [-0.3, -0.25) is 19.8 Å². The summed E-state index contributed by atoms with van der Waals surface area (Å²) in [6.45, 7) is 0. The number of carbonyl (C=O) groups is 1. The van der Waals surface area contributed by atoms with Crippen molar-refractivity contribution >= 4 is 17.5 Å². The number of fused-ring (bicyclic) bond motifs is 1. The van der Waals surface area contributed by atoms with E-state index in [0.29, 0.717) is 12.4 Å². The minimum absolute atomic E-state index is 0.104. The topological polar surface area (TPSA) is 94.2 Å². The Labute approximate surface area is 183 Å². The maximum absolute atomic E-state index is 13.7. The van der Waals surface area contributed by atoms with E-state index in [9.17, 15) is 14.9 Å². The fraction of sp³-hybridized carbons (Fsp3) is 0.125. The average Bonchev–Trinajstić information content (AvgIpc) is 3.33. The lowest BCUT2D eigenvalue weighted by molar-refractivity contribution is -0.384. The van der Waals surface area contributed by atoms with Crippen molar-refractivity contribution in [2.24, 2.45) is 0 Å². The summed E-state index contributed by atoms with van der Waals surface area (Å²) in [5, 5.41) is 15.7. The van der Waals surface area contributed by atoms with Crippen LogP contribution in [-0.4, -0.2) is 25.6 Å². The van der Waals surface area contributed by atoms with E-state index in [-0.39, 0.29) is 29.2 Å². The minimum Gasteiger partial charge on any atom is -0.269 e. The Kier molecular flexibility index (Phi) is 4.95. The molecule has 2 heterocycles. The number of hydrogen-bond donors (Lipinski definition) is 0. The normalized spacial score (nSPS) is 17.6. The second-order valence-electron chi connectivity index (χ2n) is 7.58. The van der Waals surface area contributed by atoms with E-state index in [1.165, 1.54) is 24.5 Å². The predicted molar refractivity (Wildman–Crippen MR) is 118 cm³/mol. The lowest BCUT2D eigenvalue weighted by Crippen LogP contribution is -2.42. The summed E-state index contributed by atoms with van der Waals surface area (Å²) in [6, 6.07) is 25.1. The van der Waals surface area contributed by atoms with Crippen molar-refractivity contribution in [1.82, 2.24) is 14.8 Å². The van der Waals surface area contributed by atoms with Gasteiger partial charge in [-0.25, -0.2) is 4.68 Å². The predicted octanol–water partition coefficient (Wildman–Crippen LogP) is 4.57. The third-order valence-corrected chi connectivity index (χ3v) is 5.71. The van der Waals surface area contributed by atoms with Crippen LogP contribution in [-0.2, 0) is 0 Å². The molecule has 8 heteroatoms. The fourth-order valence-corrected chi connectivity index (χ4v) is 4.23. The van der Waals surface area contributed by atoms with Gasteiger partial charge in [-0.1, -0.05) is 66.7 Å². The first-order valence-corrected chi connectivity index (χ1v) is 10.2. The third kappa shape index (κ3) is 3.41. The third-order valence-electron chi connectivity index (χ3n) is 5.71. The van der Waals surface area contributed by atoms with Gasteiger partial charge < -0.3 is 0 Å². The van der Waals surface area contributed by atoms with Crippen molar-refractivity contribution in [2.45, 2.75) is 18.5 Å². The molecule has 3 aromatic carbocycles. The summed E-state index contributed by atoms with van der Waals surface area (Å²) < 4.78 is 1.75. The van der Waals surface area contributed by atoms with Gasteiger partial charge in [0.05, 0.1) is 17.0 Å². The van der Waals surface area contributed by atoms with Gasteiger partial charge in [0.15, 0.2) is 0 Å². The molecule has 1 aliphatic heterocycles. The Bertz CT molecular complexity index is 1270. The Hall–Kier alpha value is -4.33. The molecule has 0 aliphatic carbocycles. The SMILES string of the molecule is O=C(c1cccc([N+](=O)[O-])c1)N1c2ncnn2[C@@H](c2ccccc2)C[C@H]1c1ccccc1. The molecule has 0 saturated heterocycles. The first kappa shape index (κ1) is 19.6. The van der Waals surface area contributed by atoms with Crippen molar-refractivity contribution in [3.8, 4) is 0 Å². The molecular weight excluding hydrogens is 406 g/mol. The number of benzene rings is 3. The number of anilines is 1. The number of hydrogen-bond acceptors (Lipinski definition) is 5. The second kappa shape index (κ2) is 8.07. The molecule has 158 valence electrons. The van der Waals surface area contributed by atoms with Crippen LogP contribution in [0.5, 0.6) is 0 Å². The molecule has 1 amide bonds. The number of rotatable bonds is 4. The first-order chi connectivity index (χ1) is 15.6. The summed E-state index contributed by atoms with van der Waals surface area (Å²) in [6.07, 6.45) is 2.03. The van der Waals surface area contributed by atoms with E-state index in [0.717, 1.165) is 11.1 Å². The van der Waals surface area contributed by atoms with Crippen molar-refractivity contribution < 1.29 is 9.72 Å². The molecule has 0 bridgehead atoms. The number of nitro groups is 1. The van der Waals surface area contributed by atoms with Gasteiger partial charge in [-0.15, -0.1) is 0 Å². The zero-order valence-electron chi connectivity index (χ0n) is 17.0. The number of non-ortho nitro benzene ring substituents is 1. The van der Waals surface area contributed by atoms with Crippen molar-refractivity contribution in [3.63, 3.8) is 0 Å². The molecule has 1 aromatic heterocycles. The summed E-state index contributed by atoms with van der Waals surface area (Å²) >= 11 is 0. The van der Waals surface area contributed by atoms with E-state index in [4.69, 9.17) is 0 Å². The number of amides is 1. The van der Waals surface area contributed by atoms with E-state index >= 15 is 0 Å². The quantitative estimate of drug-likeness (QED) is 0.353. The molecule has 0 N–H and O–H groups in total. The minimum atomic E-state index is -0.504. The molecular formula is C24H19N5O3. The maximum atomic E-state index is 13.7. The highest BCUT2D eigenvalue weighted by Crippen LogP contribution is 2.42. The first-order valence-electron chi connectivity index (χ1n) is 10.2. The standard InChI is InChI=1S/C24H19N5O3/c30-23(19-12-7-13-20(14-19)29(31)32)27-21(17-8-3-1-4-9-17)15-22(18-10-5-2-6-11-18)28-24(27)25-16-26-28/h1-14,16,21-22H,15H2/t21-,22+/m0/s1. The van der Waals surface area contributed by atoms with Gasteiger partial charge in [-0.05, 0) is 23.6 Å². The molecule has 0 radical (unpaired) electrons. The summed E-state index contributed by atoms with van der Waals surface area (Å²) in [5.74, 6) is 0.0544. The van der Waals surface area contributed by atoms with Gasteiger partial charge in [0.25, 0.3) is 11.6 Å². The largest absolute Gasteiger partial charge is 0.270 e. The van der Waals surface area contributed by atoms with Crippen LogP contribution in [0.4, 0.5) is 11.6 Å². The van der Waals surface area contributed by atoms with Gasteiger partial charge in [0, 0.05) is 17.7 Å². The van der Waals surface area contributed by atoms with Crippen molar-refractivity contribution in [1.29, 1.82) is 0 Å². The fourth-order valence-electron chi connectivity index (χ4n) is 4.23. The Morgan fingerprint density at radius 1 is 0.906 bits per heavy atom. The summed E-state index contributed by atoms with van der Waals surface area (Å²) in [5.41, 5.74) is 2.13. The van der Waals surface area contributed by atoms with Crippen LogP contribution < -0.4 is 4.90 Å². The van der Waals surface area contributed by atoms with Crippen LogP contribution in [0.1, 0.15) is 40.0 Å². The Morgan fingerprint density at radius 3 is 2.22 bits per heavy atom. The molecule has 8 nitrogen and oxygen atoms in total. The van der Waals surface area contributed by atoms with Crippen LogP contribution >= 0.6 is 0 Å². The van der Waals surface area contributed by atoms with Gasteiger partial charge in [0.2, 0.25) is 5.95 Å². The van der Waals surface area contributed by atoms with E-state index in [1.807, 2.05) is 60.7 Å². The molecule has 0 unspecified atom stereocenters. The zero-order valence-corrected chi connectivity index (χ0v) is 17.0. The van der Waals surface area contributed by atoms with E-state index < -0.39 is 4.92 Å². The summed E-state index contributed by atoms with van der Waals surface area (Å²) in [4.78, 5) is 30.4. The number of carbonyl (C=O) groups excluding carboxylic acids is 1. The van der Waals surface area contributed by atoms with Crippen molar-refractivity contribution in [3.05, 3.63) is 118 Å². The van der Waals surface area contributed by atoms with Crippen LogP contribution in [0, 0.1) is 10.1 Å².